The number of aromatic nitrogens is 2. The van der Waals surface area contributed by atoms with Gasteiger partial charge in [0.05, 0.1) is 10.6 Å². The summed E-state index contributed by atoms with van der Waals surface area (Å²) in [6.07, 6.45) is 0.949. The third-order valence-electron chi connectivity index (χ3n) is 6.24. The van der Waals surface area contributed by atoms with Crippen molar-refractivity contribution < 1.29 is 4.79 Å². The molecule has 6 nitrogen and oxygen atoms in total. The number of nitrogens with zero attached hydrogens (tertiary/aromatic N) is 3. The molecule has 1 N–H and O–H groups in total. The molecule has 0 spiro atoms. The zero-order valence-corrected chi connectivity index (χ0v) is 21.6. The molecule has 33 heavy (non-hydrogen) atoms. The first-order valence-corrected chi connectivity index (χ1v) is 13.2. The highest BCUT2D eigenvalue weighted by Crippen LogP contribution is 2.31. The minimum absolute atomic E-state index is 0.00486. The Morgan fingerprint density at radius 3 is 2.67 bits per heavy atom. The second-order valence-corrected chi connectivity index (χ2v) is 11.6. The zero-order valence-electron chi connectivity index (χ0n) is 19.9. The quantitative estimate of drug-likeness (QED) is 0.394. The molecule has 2 atom stereocenters. The van der Waals surface area contributed by atoms with Gasteiger partial charge >= 0.3 is 0 Å². The third-order valence-corrected chi connectivity index (χ3v) is 8.41. The predicted octanol–water partition coefficient (Wildman–Crippen LogP) is 4.53. The molecule has 1 aliphatic rings. The number of hydrogen-bond donors (Lipinski definition) is 1. The molecule has 0 saturated carbocycles. The topological polar surface area (TPSA) is 67.2 Å². The Balaban J connectivity index is 1.44. The highest BCUT2D eigenvalue weighted by atomic mass is 32.2. The fourth-order valence-electron chi connectivity index (χ4n) is 4.29. The summed E-state index contributed by atoms with van der Waals surface area (Å²) in [6.45, 7) is 12.6. The number of thioether (sulfide) groups is 1. The molecule has 3 aromatic rings. The number of fused-ring (bicyclic) bond motifs is 1. The molecule has 2 aromatic heterocycles. The van der Waals surface area contributed by atoms with Crippen LogP contribution in [0.25, 0.3) is 10.2 Å². The van der Waals surface area contributed by atoms with Gasteiger partial charge in [0, 0.05) is 36.6 Å². The molecule has 3 heterocycles. The van der Waals surface area contributed by atoms with Gasteiger partial charge in [-0.1, -0.05) is 42.1 Å². The summed E-state index contributed by atoms with van der Waals surface area (Å²) in [5, 5.41) is 4.19. The Kier molecular flexibility index (Phi) is 7.26. The molecule has 176 valence electrons. The van der Waals surface area contributed by atoms with Crippen molar-refractivity contribution in [3.8, 4) is 0 Å². The summed E-state index contributed by atoms with van der Waals surface area (Å²) in [4.78, 5) is 35.3. The molecule has 0 aliphatic carbocycles. The highest BCUT2D eigenvalue weighted by Gasteiger charge is 2.27. The first-order chi connectivity index (χ1) is 15.7. The molecule has 1 fully saturated rings. The average Bonchev–Trinajstić information content (AvgIpc) is 3.31. The zero-order chi connectivity index (χ0) is 23.7. The molecular formula is C25H32N4O2S2. The molecule has 2 unspecified atom stereocenters. The third kappa shape index (κ3) is 5.18. The lowest BCUT2D eigenvalue weighted by molar-refractivity contribution is -0.120. The number of hydrogen-bond acceptors (Lipinski definition) is 6. The summed E-state index contributed by atoms with van der Waals surface area (Å²) >= 11 is 2.92. The standard InChI is InChI=1S/C25H32N4O2S2/c1-15(2)29-24(31)21-16(3)17(4)32-23(21)27-25(29)33-18(5)22(30)26-20-11-12-28(14-20)13-19-9-7-6-8-10-19/h6-10,15,18,20H,11-14H2,1-5H3,(H,26,30). The van der Waals surface area contributed by atoms with Crippen molar-refractivity contribution in [3.63, 3.8) is 0 Å². The average molecular weight is 485 g/mol. The maximum atomic E-state index is 13.3. The Morgan fingerprint density at radius 2 is 1.97 bits per heavy atom. The van der Waals surface area contributed by atoms with Crippen LogP contribution in [-0.2, 0) is 11.3 Å². The second kappa shape index (κ2) is 9.99. The summed E-state index contributed by atoms with van der Waals surface area (Å²) in [6, 6.07) is 10.5. The highest BCUT2D eigenvalue weighted by molar-refractivity contribution is 8.00. The van der Waals surface area contributed by atoms with Gasteiger partial charge in [-0.15, -0.1) is 11.3 Å². The first-order valence-electron chi connectivity index (χ1n) is 11.5. The monoisotopic (exact) mass is 484 g/mol. The number of thiophene rings is 1. The number of carbonyl (C=O) groups excluding carboxylic acids is 1. The number of carbonyl (C=O) groups is 1. The van der Waals surface area contributed by atoms with Crippen LogP contribution >= 0.6 is 23.1 Å². The lowest BCUT2D eigenvalue weighted by atomic mass is 10.2. The van der Waals surface area contributed by atoms with E-state index in [4.69, 9.17) is 4.98 Å². The smallest absolute Gasteiger partial charge is 0.263 e. The maximum absolute atomic E-state index is 13.3. The van der Waals surface area contributed by atoms with Crippen LogP contribution in [0, 0.1) is 13.8 Å². The lowest BCUT2D eigenvalue weighted by Crippen LogP contribution is -2.41. The van der Waals surface area contributed by atoms with Gasteiger partial charge in [0.1, 0.15) is 4.83 Å². The fourth-order valence-corrected chi connectivity index (χ4v) is 6.41. The Labute approximate surface area is 203 Å². The summed E-state index contributed by atoms with van der Waals surface area (Å²) in [7, 11) is 0. The normalized spacial score (nSPS) is 17.7. The van der Waals surface area contributed by atoms with E-state index in [2.05, 4.69) is 34.5 Å². The predicted molar refractivity (Wildman–Crippen MR) is 137 cm³/mol. The van der Waals surface area contributed by atoms with Gasteiger partial charge in [0.25, 0.3) is 5.56 Å². The Bertz CT molecular complexity index is 1200. The minimum Gasteiger partial charge on any atom is -0.351 e. The van der Waals surface area contributed by atoms with Gasteiger partial charge in [-0.25, -0.2) is 4.98 Å². The van der Waals surface area contributed by atoms with Crippen molar-refractivity contribution in [1.82, 2.24) is 19.8 Å². The van der Waals surface area contributed by atoms with Crippen molar-refractivity contribution in [1.29, 1.82) is 0 Å². The first kappa shape index (κ1) is 24.0. The molecule has 1 aliphatic heterocycles. The van der Waals surface area contributed by atoms with E-state index in [1.54, 1.807) is 15.9 Å². The Hall–Kier alpha value is -2.16. The fraction of sp³-hybridized carbons (Fsp3) is 0.480. The van der Waals surface area contributed by atoms with Gasteiger partial charge in [0.15, 0.2) is 5.16 Å². The van der Waals surface area contributed by atoms with Crippen molar-refractivity contribution >= 4 is 39.2 Å². The molecule has 1 aromatic carbocycles. The number of nitrogens with one attached hydrogen (secondary N) is 1. The molecule has 8 heteroatoms. The van der Waals surface area contributed by atoms with Gasteiger partial charge < -0.3 is 5.32 Å². The van der Waals surface area contributed by atoms with Gasteiger partial charge in [-0.3, -0.25) is 19.1 Å². The van der Waals surface area contributed by atoms with Crippen molar-refractivity contribution in [2.24, 2.45) is 0 Å². The van der Waals surface area contributed by atoms with Crippen LogP contribution in [0.2, 0.25) is 0 Å². The van der Waals surface area contributed by atoms with Crippen LogP contribution < -0.4 is 10.9 Å². The van der Waals surface area contributed by atoms with E-state index in [0.29, 0.717) is 10.5 Å². The van der Waals surface area contributed by atoms with E-state index in [9.17, 15) is 9.59 Å². The number of amides is 1. The van der Waals surface area contributed by atoms with Crippen LogP contribution in [0.3, 0.4) is 0 Å². The van der Waals surface area contributed by atoms with E-state index in [1.165, 1.54) is 17.3 Å². The van der Waals surface area contributed by atoms with E-state index >= 15 is 0 Å². The number of benzene rings is 1. The van der Waals surface area contributed by atoms with Crippen LogP contribution in [0.1, 0.15) is 49.2 Å². The van der Waals surface area contributed by atoms with E-state index < -0.39 is 0 Å². The SMILES string of the molecule is Cc1sc2nc(SC(C)C(=O)NC3CCN(Cc4ccccc4)C3)n(C(C)C)c(=O)c2c1C. The van der Waals surface area contributed by atoms with E-state index in [-0.39, 0.29) is 28.8 Å². The van der Waals surface area contributed by atoms with E-state index in [1.807, 2.05) is 40.7 Å². The molecular weight excluding hydrogens is 452 g/mol. The molecule has 4 rings (SSSR count). The molecule has 1 saturated heterocycles. The minimum atomic E-state index is -0.343. The summed E-state index contributed by atoms with van der Waals surface area (Å²) < 4.78 is 1.73. The van der Waals surface area contributed by atoms with Crippen molar-refractivity contribution in [3.05, 3.63) is 56.7 Å². The van der Waals surface area contributed by atoms with E-state index in [0.717, 1.165) is 41.3 Å². The van der Waals surface area contributed by atoms with Crippen LogP contribution in [-0.4, -0.2) is 44.7 Å². The Morgan fingerprint density at radius 1 is 1.24 bits per heavy atom. The van der Waals surface area contributed by atoms with Gasteiger partial charge in [0.2, 0.25) is 5.91 Å². The molecule has 1 amide bonds. The van der Waals surface area contributed by atoms with Crippen molar-refractivity contribution in [2.75, 3.05) is 13.1 Å². The van der Waals surface area contributed by atoms with Gasteiger partial charge in [-0.2, -0.15) is 0 Å². The number of likely N-dealkylation sites (tertiary alicyclic amines) is 1. The number of aryl methyl sites for hydroxylation is 2. The molecule has 0 bridgehead atoms. The molecule has 0 radical (unpaired) electrons. The van der Waals surface area contributed by atoms with Crippen LogP contribution in [0.4, 0.5) is 0 Å². The summed E-state index contributed by atoms with van der Waals surface area (Å²) in [5.74, 6) is -0.00486. The van der Waals surface area contributed by atoms with Gasteiger partial charge in [-0.05, 0) is 52.2 Å². The number of rotatable bonds is 7. The largest absolute Gasteiger partial charge is 0.351 e. The second-order valence-electron chi connectivity index (χ2n) is 9.10. The maximum Gasteiger partial charge on any atom is 0.263 e. The lowest BCUT2D eigenvalue weighted by Gasteiger charge is -2.20. The van der Waals surface area contributed by atoms with Crippen LogP contribution in [0.15, 0.2) is 40.3 Å². The summed E-state index contributed by atoms with van der Waals surface area (Å²) in [5.41, 5.74) is 2.28. The van der Waals surface area contributed by atoms with Crippen LogP contribution in [0.5, 0.6) is 0 Å². The van der Waals surface area contributed by atoms with Crippen molar-refractivity contribution in [2.45, 2.75) is 70.1 Å².